The monoisotopic (exact) mass is 498 g/mol. The maximum Gasteiger partial charge on any atom is 0.338 e. The van der Waals surface area contributed by atoms with Crippen LogP contribution in [0, 0.1) is 35.5 Å². The lowest BCUT2D eigenvalue weighted by Gasteiger charge is -2.37. The maximum absolute atomic E-state index is 13.7. The molecule has 3 fully saturated rings. The van der Waals surface area contributed by atoms with Crippen LogP contribution in [0.15, 0.2) is 66.7 Å². The molecular formula is C30H30N2O5. The SMILES string of the molecule is CC(C)OC(=O)c1ccc(NC(=O)[C@H](Cc2ccccc2)N2C(=O)[C@@H]3[C@H]4C=C[C@@H]([C@@H]5C[C@H]45)[C@@H]3C2=O)cc1. The zero-order valence-corrected chi connectivity index (χ0v) is 20.9. The quantitative estimate of drug-likeness (QED) is 0.356. The Morgan fingerprint density at radius 3 is 2.08 bits per heavy atom. The van der Waals surface area contributed by atoms with Gasteiger partial charge in [0.1, 0.15) is 6.04 Å². The van der Waals surface area contributed by atoms with Crippen LogP contribution < -0.4 is 5.32 Å². The molecule has 1 saturated heterocycles. The maximum atomic E-state index is 13.7. The molecule has 37 heavy (non-hydrogen) atoms. The second-order valence-corrected chi connectivity index (χ2v) is 10.9. The highest BCUT2D eigenvalue weighted by molar-refractivity contribution is 6.10. The van der Waals surface area contributed by atoms with E-state index in [-0.39, 0.29) is 48.0 Å². The van der Waals surface area contributed by atoms with Gasteiger partial charge in [-0.05, 0) is 73.8 Å². The Kier molecular flexibility index (Phi) is 5.74. The van der Waals surface area contributed by atoms with E-state index in [1.54, 1.807) is 38.1 Å². The van der Waals surface area contributed by atoms with E-state index >= 15 is 0 Å². The molecule has 0 spiro atoms. The molecule has 7 heteroatoms. The van der Waals surface area contributed by atoms with E-state index in [0.717, 1.165) is 12.0 Å². The number of esters is 1. The van der Waals surface area contributed by atoms with Crippen LogP contribution in [0.3, 0.4) is 0 Å². The summed E-state index contributed by atoms with van der Waals surface area (Å²) in [7, 11) is 0. The zero-order valence-electron chi connectivity index (χ0n) is 20.9. The summed E-state index contributed by atoms with van der Waals surface area (Å²) in [6, 6.07) is 14.9. The topological polar surface area (TPSA) is 92.8 Å². The molecule has 3 amide bonds. The van der Waals surface area contributed by atoms with Crippen LogP contribution >= 0.6 is 0 Å². The molecule has 0 unspecified atom stereocenters. The third-order valence-electron chi connectivity index (χ3n) is 8.31. The molecule has 7 rings (SSSR count). The summed E-state index contributed by atoms with van der Waals surface area (Å²) in [5.41, 5.74) is 1.72. The number of allylic oxidation sites excluding steroid dienone is 2. The van der Waals surface area contributed by atoms with Crippen molar-refractivity contribution in [3.63, 3.8) is 0 Å². The van der Waals surface area contributed by atoms with Crippen molar-refractivity contribution in [1.82, 2.24) is 4.90 Å². The lowest BCUT2D eigenvalue weighted by atomic mass is 9.63. The highest BCUT2D eigenvalue weighted by atomic mass is 16.5. The van der Waals surface area contributed by atoms with E-state index in [2.05, 4.69) is 17.5 Å². The van der Waals surface area contributed by atoms with E-state index in [4.69, 9.17) is 4.74 Å². The summed E-state index contributed by atoms with van der Waals surface area (Å²) in [4.78, 5) is 54.5. The van der Waals surface area contributed by atoms with Gasteiger partial charge in [-0.3, -0.25) is 19.3 Å². The van der Waals surface area contributed by atoms with Gasteiger partial charge in [0.15, 0.2) is 0 Å². The Bertz CT molecular complexity index is 1250. The fourth-order valence-electron chi connectivity index (χ4n) is 6.62. The van der Waals surface area contributed by atoms with Gasteiger partial charge in [0.05, 0.1) is 23.5 Å². The first-order chi connectivity index (χ1) is 17.8. The van der Waals surface area contributed by atoms with Crippen molar-refractivity contribution in [1.29, 1.82) is 0 Å². The largest absolute Gasteiger partial charge is 0.459 e. The second-order valence-electron chi connectivity index (χ2n) is 10.9. The number of nitrogens with zero attached hydrogens (tertiary/aromatic N) is 1. The smallest absolute Gasteiger partial charge is 0.338 e. The summed E-state index contributed by atoms with van der Waals surface area (Å²) in [6.45, 7) is 3.56. The third kappa shape index (κ3) is 4.06. The molecule has 2 saturated carbocycles. The van der Waals surface area contributed by atoms with Crippen LogP contribution in [0.1, 0.15) is 36.2 Å². The van der Waals surface area contributed by atoms with Crippen LogP contribution in [0.25, 0.3) is 0 Å². The van der Waals surface area contributed by atoms with Crippen LogP contribution in [-0.2, 0) is 25.5 Å². The number of likely N-dealkylation sites (tertiary alicyclic amines) is 1. The van der Waals surface area contributed by atoms with E-state index in [0.29, 0.717) is 23.1 Å². The van der Waals surface area contributed by atoms with Gasteiger partial charge < -0.3 is 10.1 Å². The van der Waals surface area contributed by atoms with Gasteiger partial charge in [0.2, 0.25) is 17.7 Å². The minimum absolute atomic E-state index is 0.0972. The van der Waals surface area contributed by atoms with E-state index in [1.165, 1.54) is 4.90 Å². The van der Waals surface area contributed by atoms with Crippen molar-refractivity contribution in [3.05, 3.63) is 77.9 Å². The number of anilines is 1. The Morgan fingerprint density at radius 1 is 0.919 bits per heavy atom. The standard InChI is InChI=1S/C30H30N2O5/c1-16(2)37-30(36)18-8-10-19(11-9-18)31-27(33)24(14-17-6-4-3-5-7-17)32-28(34)25-20-12-13-21(23-15-22(20)23)26(25)29(32)35/h3-13,16,20-26H,14-15H2,1-2H3,(H,31,33)/t20-,21-,22-,23+,24-,25-,26+/m0/s1. The lowest BCUT2D eigenvalue weighted by molar-refractivity contribution is -0.146. The number of imide groups is 1. The van der Waals surface area contributed by atoms with Crippen LogP contribution in [0.2, 0.25) is 0 Å². The number of hydrogen-bond acceptors (Lipinski definition) is 5. The average Bonchev–Trinajstić information content (AvgIpc) is 3.67. The van der Waals surface area contributed by atoms with Gasteiger partial charge in [-0.1, -0.05) is 42.5 Å². The molecular weight excluding hydrogens is 468 g/mol. The minimum atomic E-state index is -0.964. The number of hydrogen-bond donors (Lipinski definition) is 1. The van der Waals surface area contributed by atoms with E-state index in [1.807, 2.05) is 30.3 Å². The van der Waals surface area contributed by atoms with Gasteiger partial charge in [-0.25, -0.2) is 4.79 Å². The number of ether oxygens (including phenoxy) is 1. The number of carbonyl (C=O) groups is 4. The number of rotatable bonds is 7. The van der Waals surface area contributed by atoms with Crippen molar-refractivity contribution in [2.75, 3.05) is 5.32 Å². The number of amides is 3. The number of benzene rings is 2. The predicted octanol–water partition coefficient (Wildman–Crippen LogP) is 3.85. The summed E-state index contributed by atoms with van der Waals surface area (Å²) in [5.74, 6) is -0.831. The molecule has 1 heterocycles. The fourth-order valence-corrected chi connectivity index (χ4v) is 6.62. The van der Waals surface area contributed by atoms with Crippen LogP contribution in [0.4, 0.5) is 5.69 Å². The molecule has 1 aliphatic heterocycles. The molecule has 2 bridgehead atoms. The zero-order chi connectivity index (χ0) is 25.8. The Labute approximate surface area is 215 Å². The van der Waals surface area contributed by atoms with Crippen molar-refractivity contribution < 1.29 is 23.9 Å². The molecule has 0 aromatic heterocycles. The first-order valence-electron chi connectivity index (χ1n) is 13.0. The third-order valence-corrected chi connectivity index (χ3v) is 8.31. The Morgan fingerprint density at radius 2 is 1.51 bits per heavy atom. The summed E-state index contributed by atoms with van der Waals surface area (Å²) >= 11 is 0. The molecule has 7 atom stereocenters. The highest BCUT2D eigenvalue weighted by Gasteiger charge is 2.67. The Hall–Kier alpha value is -3.74. The average molecular weight is 499 g/mol. The van der Waals surface area contributed by atoms with Gasteiger partial charge >= 0.3 is 5.97 Å². The molecule has 190 valence electrons. The summed E-state index contributed by atoms with van der Waals surface area (Å²) < 4.78 is 5.22. The molecule has 5 aliphatic rings. The minimum Gasteiger partial charge on any atom is -0.459 e. The highest BCUT2D eigenvalue weighted by Crippen LogP contribution is 2.65. The van der Waals surface area contributed by atoms with Crippen LogP contribution in [0.5, 0.6) is 0 Å². The number of nitrogens with one attached hydrogen (secondary N) is 1. The van der Waals surface area contributed by atoms with Gasteiger partial charge in [0, 0.05) is 12.1 Å². The van der Waals surface area contributed by atoms with E-state index in [9.17, 15) is 19.2 Å². The van der Waals surface area contributed by atoms with Gasteiger partial charge in [-0.15, -0.1) is 0 Å². The first kappa shape index (κ1) is 23.6. The first-order valence-corrected chi connectivity index (χ1v) is 13.0. The summed E-state index contributed by atoms with van der Waals surface area (Å²) in [6.07, 6.45) is 5.35. The van der Waals surface area contributed by atoms with Crippen molar-refractivity contribution in [2.24, 2.45) is 35.5 Å². The molecule has 2 aromatic rings. The molecule has 2 aromatic carbocycles. The molecule has 4 aliphatic carbocycles. The van der Waals surface area contributed by atoms with Crippen molar-refractivity contribution >= 4 is 29.4 Å². The lowest BCUT2D eigenvalue weighted by Crippen LogP contribution is -2.49. The number of carbonyl (C=O) groups excluding carboxylic acids is 4. The molecule has 0 radical (unpaired) electrons. The second kappa shape index (κ2) is 8.98. The Balaban J connectivity index is 1.26. The van der Waals surface area contributed by atoms with E-state index < -0.39 is 17.9 Å². The summed E-state index contributed by atoms with van der Waals surface area (Å²) in [5, 5.41) is 2.87. The van der Waals surface area contributed by atoms with Gasteiger partial charge in [0.25, 0.3) is 0 Å². The van der Waals surface area contributed by atoms with Gasteiger partial charge in [-0.2, -0.15) is 0 Å². The van der Waals surface area contributed by atoms with Crippen LogP contribution in [-0.4, -0.2) is 40.7 Å². The predicted molar refractivity (Wildman–Crippen MR) is 136 cm³/mol. The molecule has 1 N–H and O–H groups in total. The molecule has 7 nitrogen and oxygen atoms in total. The normalized spacial score (nSPS) is 29.6. The van der Waals surface area contributed by atoms with Crippen molar-refractivity contribution in [2.45, 2.75) is 38.8 Å². The van der Waals surface area contributed by atoms with Crippen molar-refractivity contribution in [3.8, 4) is 0 Å². The fraction of sp³-hybridized carbons (Fsp3) is 0.400.